The van der Waals surface area contributed by atoms with Crippen LogP contribution in [-0.4, -0.2) is 44.6 Å². The first-order chi connectivity index (χ1) is 14.1. The molecule has 1 aromatic heterocycles. The number of para-hydroxylation sites is 4. The van der Waals surface area contributed by atoms with Gasteiger partial charge in [-0.05, 0) is 55.5 Å². The Morgan fingerprint density at radius 1 is 1.07 bits per heavy atom. The van der Waals surface area contributed by atoms with E-state index in [0.717, 1.165) is 5.69 Å². The van der Waals surface area contributed by atoms with Crippen molar-refractivity contribution in [2.45, 2.75) is 31.2 Å². The van der Waals surface area contributed by atoms with Crippen molar-refractivity contribution in [2.24, 2.45) is 0 Å². The average Bonchev–Trinajstić information content (AvgIpc) is 3.18. The highest BCUT2D eigenvalue weighted by Crippen LogP contribution is 2.29. The van der Waals surface area contributed by atoms with Gasteiger partial charge in [0.15, 0.2) is 0 Å². The zero-order valence-electron chi connectivity index (χ0n) is 16.5. The van der Waals surface area contributed by atoms with Crippen LogP contribution in [0.25, 0.3) is 5.69 Å². The van der Waals surface area contributed by atoms with E-state index in [0.29, 0.717) is 35.6 Å². The maximum Gasteiger partial charge on any atom is 0.237 e. The van der Waals surface area contributed by atoms with E-state index in [4.69, 9.17) is 9.47 Å². The molecule has 0 saturated heterocycles. The fraction of sp³-hybridized carbons (Fsp3) is 0.300. The second kappa shape index (κ2) is 9.92. The molecule has 0 aliphatic rings. The molecule has 1 unspecified atom stereocenters. The summed E-state index contributed by atoms with van der Waals surface area (Å²) in [5, 5.41) is 14.9. The highest BCUT2D eigenvalue weighted by atomic mass is 32.2. The van der Waals surface area contributed by atoms with Crippen molar-refractivity contribution in [1.29, 1.82) is 0 Å². The van der Waals surface area contributed by atoms with Crippen molar-refractivity contribution in [3.8, 4) is 17.2 Å². The summed E-state index contributed by atoms with van der Waals surface area (Å²) in [4.78, 5) is 12.7. The molecule has 29 heavy (non-hydrogen) atoms. The molecule has 1 N–H and O–H groups in total. The van der Waals surface area contributed by atoms with Gasteiger partial charge >= 0.3 is 0 Å². The highest BCUT2D eigenvalue weighted by molar-refractivity contribution is 8.00. The summed E-state index contributed by atoms with van der Waals surface area (Å²) in [7, 11) is 0. The minimum absolute atomic E-state index is 0.171. The van der Waals surface area contributed by atoms with E-state index in [1.54, 1.807) is 11.6 Å². The predicted octanol–water partition coefficient (Wildman–Crippen LogP) is 3.58. The first-order valence-electron chi connectivity index (χ1n) is 9.34. The Kier molecular flexibility index (Phi) is 7.07. The lowest BCUT2D eigenvalue weighted by Crippen LogP contribution is -2.23. The van der Waals surface area contributed by atoms with Crippen molar-refractivity contribution in [2.75, 3.05) is 18.5 Å². The molecule has 1 heterocycles. The smallest absolute Gasteiger partial charge is 0.237 e. The zero-order valence-corrected chi connectivity index (χ0v) is 17.3. The summed E-state index contributed by atoms with van der Waals surface area (Å²) >= 11 is 1.26. The lowest BCUT2D eigenvalue weighted by atomic mass is 10.3. The van der Waals surface area contributed by atoms with E-state index in [1.807, 2.05) is 62.4 Å². The Bertz CT molecular complexity index is 963. The van der Waals surface area contributed by atoms with Crippen LogP contribution >= 0.6 is 11.8 Å². The fourth-order valence-electron chi connectivity index (χ4n) is 2.61. The lowest BCUT2D eigenvalue weighted by molar-refractivity contribution is -0.115. The molecule has 0 saturated carbocycles. The van der Waals surface area contributed by atoms with Gasteiger partial charge in [-0.1, -0.05) is 36.0 Å². The number of amides is 1. The number of carbonyl (C=O) groups is 1. The van der Waals surface area contributed by atoms with Gasteiger partial charge in [0, 0.05) is 0 Å². The number of nitrogens with one attached hydrogen (secondary N) is 1. The summed E-state index contributed by atoms with van der Waals surface area (Å²) < 4.78 is 12.8. The van der Waals surface area contributed by atoms with Crippen LogP contribution in [0.2, 0.25) is 0 Å². The summed E-state index contributed by atoms with van der Waals surface area (Å²) in [5.74, 6) is 1.14. The quantitative estimate of drug-likeness (QED) is 0.536. The second-order valence-electron chi connectivity index (χ2n) is 5.95. The van der Waals surface area contributed by atoms with Crippen LogP contribution < -0.4 is 14.8 Å². The van der Waals surface area contributed by atoms with Crippen LogP contribution in [-0.2, 0) is 4.79 Å². The maximum absolute atomic E-state index is 12.7. The molecule has 1 amide bonds. The number of hydrogen-bond donors (Lipinski definition) is 1. The van der Waals surface area contributed by atoms with Crippen LogP contribution in [0, 0.1) is 0 Å². The van der Waals surface area contributed by atoms with Gasteiger partial charge in [0.25, 0.3) is 0 Å². The van der Waals surface area contributed by atoms with E-state index in [9.17, 15) is 4.79 Å². The van der Waals surface area contributed by atoms with Crippen LogP contribution in [0.1, 0.15) is 20.8 Å². The molecule has 0 aliphatic heterocycles. The number of carbonyl (C=O) groups excluding carboxylic acids is 1. The van der Waals surface area contributed by atoms with Crippen molar-refractivity contribution in [3.63, 3.8) is 0 Å². The lowest BCUT2D eigenvalue weighted by Gasteiger charge is -2.15. The Morgan fingerprint density at radius 3 is 2.48 bits per heavy atom. The number of tetrazole rings is 1. The number of aromatic nitrogens is 4. The third-order valence-corrected chi connectivity index (χ3v) is 4.96. The van der Waals surface area contributed by atoms with Crippen molar-refractivity contribution in [3.05, 3.63) is 48.5 Å². The largest absolute Gasteiger partial charge is 0.492 e. The average molecular weight is 414 g/mol. The third kappa shape index (κ3) is 5.05. The summed E-state index contributed by atoms with van der Waals surface area (Å²) in [5.41, 5.74) is 1.35. The van der Waals surface area contributed by atoms with Crippen LogP contribution in [0.4, 0.5) is 5.69 Å². The van der Waals surface area contributed by atoms with Gasteiger partial charge < -0.3 is 14.8 Å². The van der Waals surface area contributed by atoms with Gasteiger partial charge in [-0.25, -0.2) is 0 Å². The number of anilines is 1. The first-order valence-corrected chi connectivity index (χ1v) is 10.2. The van der Waals surface area contributed by atoms with E-state index < -0.39 is 5.25 Å². The number of thioether (sulfide) groups is 1. The number of rotatable bonds is 9. The minimum atomic E-state index is -0.436. The van der Waals surface area contributed by atoms with Gasteiger partial charge in [-0.15, -0.1) is 5.10 Å². The van der Waals surface area contributed by atoms with Gasteiger partial charge in [-0.3, -0.25) is 4.79 Å². The molecule has 0 bridgehead atoms. The number of ether oxygens (including phenoxy) is 2. The van der Waals surface area contributed by atoms with Gasteiger partial charge in [0.05, 0.1) is 24.2 Å². The maximum atomic E-state index is 12.7. The summed E-state index contributed by atoms with van der Waals surface area (Å²) in [6.45, 7) is 6.66. The fourth-order valence-corrected chi connectivity index (χ4v) is 3.41. The van der Waals surface area contributed by atoms with Gasteiger partial charge in [0.2, 0.25) is 11.1 Å². The van der Waals surface area contributed by atoms with E-state index >= 15 is 0 Å². The number of nitrogens with zero attached hydrogens (tertiary/aromatic N) is 4. The van der Waals surface area contributed by atoms with Gasteiger partial charge in [0.1, 0.15) is 17.2 Å². The molecule has 1 atom stereocenters. The number of hydrogen-bond acceptors (Lipinski definition) is 7. The summed E-state index contributed by atoms with van der Waals surface area (Å²) in [6.07, 6.45) is 0. The number of benzene rings is 2. The van der Waals surface area contributed by atoms with Crippen molar-refractivity contribution in [1.82, 2.24) is 20.2 Å². The molecule has 0 radical (unpaired) electrons. The van der Waals surface area contributed by atoms with Crippen LogP contribution in [0.5, 0.6) is 11.5 Å². The second-order valence-corrected chi connectivity index (χ2v) is 7.26. The van der Waals surface area contributed by atoms with Crippen LogP contribution in [0.3, 0.4) is 0 Å². The van der Waals surface area contributed by atoms with Gasteiger partial charge in [-0.2, -0.15) is 4.68 Å². The molecule has 0 fully saturated rings. The van der Waals surface area contributed by atoms with Crippen LogP contribution in [0.15, 0.2) is 53.7 Å². The topological polar surface area (TPSA) is 91.2 Å². The Hall–Kier alpha value is -3.07. The molecule has 3 aromatic rings. The molecule has 8 nitrogen and oxygen atoms in total. The Morgan fingerprint density at radius 2 is 1.72 bits per heavy atom. The van der Waals surface area contributed by atoms with E-state index in [-0.39, 0.29) is 5.91 Å². The Labute approximate surface area is 173 Å². The molecular weight excluding hydrogens is 390 g/mol. The van der Waals surface area contributed by atoms with Crippen molar-refractivity contribution >= 4 is 23.4 Å². The normalized spacial score (nSPS) is 11.7. The molecular formula is C20H23N5O3S. The first kappa shape index (κ1) is 20.7. The standard InChI is InChI=1S/C20H23N5O3S/c1-4-27-17-12-8-6-10-15(17)21-19(26)14(3)29-20-22-23-24-25(20)16-11-7-9-13-18(16)28-5-2/h6-14H,4-5H2,1-3H3,(H,21,26). The molecule has 9 heteroatoms. The van der Waals surface area contributed by atoms with E-state index in [1.165, 1.54) is 11.8 Å². The zero-order chi connectivity index (χ0) is 20.6. The molecule has 3 rings (SSSR count). The van der Waals surface area contributed by atoms with E-state index in [2.05, 4.69) is 20.8 Å². The molecule has 0 aliphatic carbocycles. The monoisotopic (exact) mass is 413 g/mol. The molecule has 2 aromatic carbocycles. The summed E-state index contributed by atoms with van der Waals surface area (Å²) in [6, 6.07) is 14.8. The predicted molar refractivity (Wildman–Crippen MR) is 112 cm³/mol. The molecule has 0 spiro atoms. The minimum Gasteiger partial charge on any atom is -0.492 e. The SMILES string of the molecule is CCOc1ccccc1NC(=O)C(C)Sc1nnnn1-c1ccccc1OCC. The Balaban J connectivity index is 1.75. The highest BCUT2D eigenvalue weighted by Gasteiger charge is 2.21. The third-order valence-electron chi connectivity index (χ3n) is 3.93. The molecule has 152 valence electrons. The van der Waals surface area contributed by atoms with Crippen molar-refractivity contribution < 1.29 is 14.3 Å².